The van der Waals surface area contributed by atoms with E-state index in [1.165, 1.54) is 12.4 Å². The minimum Gasteiger partial charge on any atom is -0.350 e. The molecule has 126 valence electrons. The zero-order valence-electron chi connectivity index (χ0n) is 12.5. The topological polar surface area (TPSA) is 74.0 Å². The first-order valence-electron chi connectivity index (χ1n) is 6.74. The number of anilines is 1. The molecule has 1 atom stereocenters. The molecule has 0 aliphatic rings. The van der Waals surface area contributed by atoms with Gasteiger partial charge in [0.1, 0.15) is 19.4 Å². The number of carbonyl (C=O) groups is 1. The Balaban J connectivity index is 1.89. The summed E-state index contributed by atoms with van der Waals surface area (Å²) in [5, 5.41) is 10.5. The van der Waals surface area contributed by atoms with Gasteiger partial charge in [-0.05, 0) is 19.9 Å². The maximum Gasteiger partial charge on any atom is 0.411 e. The molecular weight excluding hydrogens is 315 g/mol. The maximum absolute atomic E-state index is 12.1. The van der Waals surface area contributed by atoms with Crippen molar-refractivity contribution in [3.63, 3.8) is 0 Å². The molecule has 2 rings (SSSR count). The first kappa shape index (κ1) is 17.0. The Hall–Kier alpha value is -2.36. The lowest BCUT2D eigenvalue weighted by atomic mass is 10.3. The van der Waals surface area contributed by atoms with E-state index in [1.54, 1.807) is 23.9 Å². The molecule has 0 aliphatic heterocycles. The number of alkyl halides is 3. The molecule has 10 heteroatoms. The summed E-state index contributed by atoms with van der Waals surface area (Å²) in [6, 6.07) is 1.25. The van der Waals surface area contributed by atoms with Crippen LogP contribution >= 0.6 is 0 Å². The van der Waals surface area contributed by atoms with Gasteiger partial charge in [0.05, 0.1) is 18.1 Å². The van der Waals surface area contributed by atoms with E-state index in [0.29, 0.717) is 5.69 Å². The SMILES string of the molecule is Cc1ccnn1C(C)C(=O)Nc1cnn(COCC(F)(F)F)c1. The molecule has 2 aromatic rings. The predicted molar refractivity (Wildman–Crippen MR) is 74.5 cm³/mol. The zero-order chi connectivity index (χ0) is 17.0. The summed E-state index contributed by atoms with van der Waals surface area (Å²) in [6.45, 7) is 1.80. The highest BCUT2D eigenvalue weighted by molar-refractivity contribution is 5.93. The van der Waals surface area contributed by atoms with Crippen molar-refractivity contribution < 1.29 is 22.7 Å². The van der Waals surface area contributed by atoms with Crippen LogP contribution in [0.4, 0.5) is 18.9 Å². The number of rotatable bonds is 6. The van der Waals surface area contributed by atoms with Gasteiger partial charge < -0.3 is 10.1 Å². The van der Waals surface area contributed by atoms with Crippen LogP contribution in [0.15, 0.2) is 24.7 Å². The molecule has 0 aliphatic carbocycles. The monoisotopic (exact) mass is 331 g/mol. The predicted octanol–water partition coefficient (Wildman–Crippen LogP) is 2.12. The lowest BCUT2D eigenvalue weighted by molar-refractivity contribution is -0.182. The highest BCUT2D eigenvalue weighted by Crippen LogP contribution is 2.15. The van der Waals surface area contributed by atoms with E-state index in [2.05, 4.69) is 20.3 Å². The van der Waals surface area contributed by atoms with E-state index < -0.39 is 18.8 Å². The van der Waals surface area contributed by atoms with Crippen LogP contribution in [0.2, 0.25) is 0 Å². The summed E-state index contributed by atoms with van der Waals surface area (Å²) in [7, 11) is 0. The number of aryl methyl sites for hydroxylation is 1. The quantitative estimate of drug-likeness (QED) is 0.880. The Kier molecular flexibility index (Phi) is 5.04. The first-order chi connectivity index (χ1) is 10.8. The van der Waals surface area contributed by atoms with Gasteiger partial charge in [-0.15, -0.1) is 0 Å². The summed E-state index contributed by atoms with van der Waals surface area (Å²) in [5.74, 6) is -0.312. The van der Waals surface area contributed by atoms with Gasteiger partial charge in [0, 0.05) is 11.9 Å². The van der Waals surface area contributed by atoms with Gasteiger partial charge in [0.25, 0.3) is 0 Å². The van der Waals surface area contributed by atoms with Crippen LogP contribution in [0.1, 0.15) is 18.7 Å². The largest absolute Gasteiger partial charge is 0.411 e. The summed E-state index contributed by atoms with van der Waals surface area (Å²) in [5.41, 5.74) is 1.20. The summed E-state index contributed by atoms with van der Waals surface area (Å²) in [6.07, 6.45) is -0.0785. The number of hydrogen-bond acceptors (Lipinski definition) is 4. The smallest absolute Gasteiger partial charge is 0.350 e. The second-order valence-corrected chi connectivity index (χ2v) is 4.94. The van der Waals surface area contributed by atoms with Gasteiger partial charge in [-0.1, -0.05) is 0 Å². The molecule has 0 fully saturated rings. The minimum atomic E-state index is -4.39. The van der Waals surface area contributed by atoms with Crippen molar-refractivity contribution in [2.75, 3.05) is 11.9 Å². The fraction of sp³-hybridized carbons (Fsp3) is 0.462. The van der Waals surface area contributed by atoms with Crippen molar-refractivity contribution >= 4 is 11.6 Å². The van der Waals surface area contributed by atoms with Crippen molar-refractivity contribution in [1.82, 2.24) is 19.6 Å². The van der Waals surface area contributed by atoms with Crippen LogP contribution in [-0.4, -0.2) is 38.3 Å². The average molecular weight is 331 g/mol. The number of aromatic nitrogens is 4. The number of halogens is 3. The first-order valence-corrected chi connectivity index (χ1v) is 6.74. The van der Waals surface area contributed by atoms with Gasteiger partial charge in [-0.3, -0.25) is 9.48 Å². The van der Waals surface area contributed by atoms with Crippen LogP contribution in [0.25, 0.3) is 0 Å². The number of nitrogens with zero attached hydrogens (tertiary/aromatic N) is 4. The van der Waals surface area contributed by atoms with Crippen LogP contribution in [0, 0.1) is 6.92 Å². The molecule has 0 radical (unpaired) electrons. The summed E-state index contributed by atoms with van der Waals surface area (Å²) >= 11 is 0. The number of carbonyl (C=O) groups excluding carboxylic acids is 1. The van der Waals surface area contributed by atoms with Gasteiger partial charge in [0.15, 0.2) is 0 Å². The van der Waals surface area contributed by atoms with Crippen molar-refractivity contribution in [2.45, 2.75) is 32.8 Å². The molecular formula is C13H16F3N5O2. The number of ether oxygens (including phenoxy) is 1. The van der Waals surface area contributed by atoms with E-state index in [1.807, 2.05) is 6.92 Å². The molecule has 0 bridgehead atoms. The third-order valence-corrected chi connectivity index (χ3v) is 3.00. The van der Waals surface area contributed by atoms with Crippen LogP contribution in [-0.2, 0) is 16.3 Å². The molecule has 0 spiro atoms. The maximum atomic E-state index is 12.1. The Bertz CT molecular complexity index is 665. The van der Waals surface area contributed by atoms with Gasteiger partial charge in [-0.25, -0.2) is 4.68 Å². The second kappa shape index (κ2) is 6.82. The number of amides is 1. The molecule has 2 aromatic heterocycles. The standard InChI is InChI=1S/C13H16F3N5O2/c1-9-3-4-17-21(9)10(2)12(22)19-11-5-18-20(6-11)8-23-7-13(14,15)16/h3-6,10H,7-8H2,1-2H3,(H,19,22). The fourth-order valence-corrected chi connectivity index (χ4v) is 1.90. The van der Waals surface area contributed by atoms with Crippen molar-refractivity contribution in [2.24, 2.45) is 0 Å². The van der Waals surface area contributed by atoms with E-state index in [9.17, 15) is 18.0 Å². The molecule has 1 amide bonds. The lowest BCUT2D eigenvalue weighted by Gasteiger charge is -2.13. The zero-order valence-corrected chi connectivity index (χ0v) is 12.5. The molecule has 2 heterocycles. The van der Waals surface area contributed by atoms with Crippen molar-refractivity contribution in [3.05, 3.63) is 30.4 Å². The normalized spacial score (nSPS) is 13.1. The third-order valence-electron chi connectivity index (χ3n) is 3.00. The van der Waals surface area contributed by atoms with Gasteiger partial charge >= 0.3 is 6.18 Å². The van der Waals surface area contributed by atoms with E-state index in [-0.39, 0.29) is 12.6 Å². The molecule has 23 heavy (non-hydrogen) atoms. The van der Waals surface area contributed by atoms with Crippen molar-refractivity contribution in [3.8, 4) is 0 Å². The number of hydrogen-bond donors (Lipinski definition) is 1. The molecule has 0 saturated heterocycles. The second-order valence-electron chi connectivity index (χ2n) is 4.94. The fourth-order valence-electron chi connectivity index (χ4n) is 1.90. The van der Waals surface area contributed by atoms with E-state index in [0.717, 1.165) is 10.4 Å². The molecule has 1 N–H and O–H groups in total. The highest BCUT2D eigenvalue weighted by Gasteiger charge is 2.27. The average Bonchev–Trinajstić information content (AvgIpc) is 3.06. The van der Waals surface area contributed by atoms with Gasteiger partial charge in [-0.2, -0.15) is 23.4 Å². The third kappa shape index (κ3) is 4.81. The summed E-state index contributed by atoms with van der Waals surface area (Å²) in [4.78, 5) is 12.1. The van der Waals surface area contributed by atoms with Crippen LogP contribution in [0.5, 0.6) is 0 Å². The van der Waals surface area contributed by atoms with E-state index in [4.69, 9.17) is 0 Å². The molecule has 0 saturated carbocycles. The Morgan fingerprint density at radius 2 is 2.17 bits per heavy atom. The summed E-state index contributed by atoms with van der Waals surface area (Å²) < 4.78 is 43.1. The Morgan fingerprint density at radius 1 is 1.43 bits per heavy atom. The lowest BCUT2D eigenvalue weighted by Crippen LogP contribution is -2.25. The number of nitrogens with one attached hydrogen (secondary N) is 1. The molecule has 1 unspecified atom stereocenters. The van der Waals surface area contributed by atoms with Gasteiger partial charge in [0.2, 0.25) is 5.91 Å². The Labute approximate surface area is 130 Å². The molecule has 7 nitrogen and oxygen atoms in total. The molecule has 0 aromatic carbocycles. The minimum absolute atomic E-state index is 0.312. The van der Waals surface area contributed by atoms with E-state index >= 15 is 0 Å². The van der Waals surface area contributed by atoms with Crippen LogP contribution in [0.3, 0.4) is 0 Å². The Morgan fingerprint density at radius 3 is 2.78 bits per heavy atom. The van der Waals surface area contributed by atoms with Crippen LogP contribution < -0.4 is 5.32 Å². The van der Waals surface area contributed by atoms with Crippen molar-refractivity contribution in [1.29, 1.82) is 0 Å². The highest BCUT2D eigenvalue weighted by atomic mass is 19.4.